The van der Waals surface area contributed by atoms with Gasteiger partial charge in [0.05, 0.1) is 5.25 Å². The van der Waals surface area contributed by atoms with Gasteiger partial charge in [-0.25, -0.2) is 0 Å². The lowest BCUT2D eigenvalue weighted by Gasteiger charge is -2.11. The van der Waals surface area contributed by atoms with Crippen LogP contribution in [0.4, 0.5) is 0 Å². The highest BCUT2D eigenvalue weighted by molar-refractivity contribution is 8.00. The monoisotopic (exact) mass is 258 g/mol. The standard InChI is InChI=1S/C11H15ClN2OS/c1-8(11(15)14-7-6-13)16-10-4-2-9(12)3-5-10/h2-5,8H,6-7,13H2,1H3,(H,14,15). The normalized spacial score (nSPS) is 12.2. The van der Waals surface area contributed by atoms with Crippen LogP contribution in [0.25, 0.3) is 0 Å². The van der Waals surface area contributed by atoms with Gasteiger partial charge in [-0.1, -0.05) is 11.6 Å². The number of amides is 1. The second kappa shape index (κ2) is 6.78. The van der Waals surface area contributed by atoms with Crippen LogP contribution in [0.15, 0.2) is 29.2 Å². The van der Waals surface area contributed by atoms with E-state index < -0.39 is 0 Å². The molecule has 0 aliphatic rings. The summed E-state index contributed by atoms with van der Waals surface area (Å²) in [6.07, 6.45) is 0. The van der Waals surface area contributed by atoms with E-state index in [9.17, 15) is 4.79 Å². The Kier molecular flexibility index (Phi) is 5.66. The number of carbonyl (C=O) groups excluding carboxylic acids is 1. The van der Waals surface area contributed by atoms with Gasteiger partial charge in [-0.05, 0) is 31.2 Å². The quantitative estimate of drug-likeness (QED) is 0.793. The number of hydrogen-bond donors (Lipinski definition) is 2. The highest BCUT2D eigenvalue weighted by atomic mass is 35.5. The molecule has 0 bridgehead atoms. The zero-order valence-corrected chi connectivity index (χ0v) is 10.6. The molecular weight excluding hydrogens is 244 g/mol. The predicted molar refractivity (Wildman–Crippen MR) is 68.8 cm³/mol. The van der Waals surface area contributed by atoms with Gasteiger partial charge in [0.25, 0.3) is 0 Å². The lowest BCUT2D eigenvalue weighted by atomic mass is 10.4. The molecule has 1 unspecified atom stereocenters. The summed E-state index contributed by atoms with van der Waals surface area (Å²) in [6, 6.07) is 7.43. The molecule has 3 N–H and O–H groups in total. The van der Waals surface area contributed by atoms with E-state index in [1.54, 1.807) is 0 Å². The zero-order chi connectivity index (χ0) is 12.0. The van der Waals surface area contributed by atoms with Crippen LogP contribution < -0.4 is 11.1 Å². The molecule has 0 fully saturated rings. The first-order valence-corrected chi connectivity index (χ1v) is 6.29. The minimum Gasteiger partial charge on any atom is -0.354 e. The van der Waals surface area contributed by atoms with Crippen LogP contribution in [0, 0.1) is 0 Å². The lowest BCUT2D eigenvalue weighted by molar-refractivity contribution is -0.120. The fourth-order valence-electron chi connectivity index (χ4n) is 1.11. The number of benzene rings is 1. The third kappa shape index (κ3) is 4.43. The third-order valence-electron chi connectivity index (χ3n) is 1.94. The maximum Gasteiger partial charge on any atom is 0.233 e. The molecule has 0 radical (unpaired) electrons. The van der Waals surface area contributed by atoms with E-state index in [-0.39, 0.29) is 11.2 Å². The van der Waals surface area contributed by atoms with E-state index in [1.165, 1.54) is 11.8 Å². The Morgan fingerprint density at radius 1 is 1.50 bits per heavy atom. The van der Waals surface area contributed by atoms with Gasteiger partial charge < -0.3 is 11.1 Å². The van der Waals surface area contributed by atoms with Crippen LogP contribution in [-0.4, -0.2) is 24.2 Å². The molecule has 5 heteroatoms. The summed E-state index contributed by atoms with van der Waals surface area (Å²) in [7, 11) is 0. The summed E-state index contributed by atoms with van der Waals surface area (Å²) in [4.78, 5) is 12.6. The molecule has 0 aliphatic heterocycles. The van der Waals surface area contributed by atoms with E-state index in [0.29, 0.717) is 18.1 Å². The Morgan fingerprint density at radius 3 is 2.69 bits per heavy atom. The maximum absolute atomic E-state index is 11.6. The minimum atomic E-state index is -0.132. The first kappa shape index (κ1) is 13.4. The smallest absolute Gasteiger partial charge is 0.233 e. The molecule has 0 heterocycles. The summed E-state index contributed by atoms with van der Waals surface area (Å²) in [5, 5.41) is 3.32. The molecule has 1 atom stereocenters. The van der Waals surface area contributed by atoms with Crippen LogP contribution >= 0.6 is 23.4 Å². The van der Waals surface area contributed by atoms with Crippen LogP contribution in [0.1, 0.15) is 6.92 Å². The van der Waals surface area contributed by atoms with Crippen LogP contribution in [-0.2, 0) is 4.79 Å². The Labute approximate surface area is 105 Å². The first-order chi connectivity index (χ1) is 7.63. The van der Waals surface area contributed by atoms with Gasteiger partial charge in [0.2, 0.25) is 5.91 Å². The minimum absolute atomic E-state index is 0.00500. The largest absolute Gasteiger partial charge is 0.354 e. The molecule has 1 rings (SSSR count). The Hall–Kier alpha value is -0.710. The Morgan fingerprint density at radius 2 is 2.12 bits per heavy atom. The van der Waals surface area contributed by atoms with E-state index in [0.717, 1.165) is 4.90 Å². The van der Waals surface area contributed by atoms with Crippen molar-refractivity contribution in [1.82, 2.24) is 5.32 Å². The number of hydrogen-bond acceptors (Lipinski definition) is 3. The number of halogens is 1. The van der Waals surface area contributed by atoms with Gasteiger partial charge in [-0.2, -0.15) is 0 Å². The Bertz CT molecular complexity index is 342. The van der Waals surface area contributed by atoms with Crippen molar-refractivity contribution in [2.24, 2.45) is 5.73 Å². The molecule has 0 aliphatic carbocycles. The number of nitrogens with two attached hydrogens (primary N) is 1. The van der Waals surface area contributed by atoms with Gasteiger partial charge in [0, 0.05) is 23.0 Å². The van der Waals surface area contributed by atoms with Gasteiger partial charge in [-0.3, -0.25) is 4.79 Å². The molecule has 1 amide bonds. The van der Waals surface area contributed by atoms with E-state index in [2.05, 4.69) is 5.32 Å². The van der Waals surface area contributed by atoms with Crippen molar-refractivity contribution in [3.8, 4) is 0 Å². The van der Waals surface area contributed by atoms with Crippen LogP contribution in [0.3, 0.4) is 0 Å². The molecule has 0 saturated carbocycles. The van der Waals surface area contributed by atoms with Crippen molar-refractivity contribution in [1.29, 1.82) is 0 Å². The van der Waals surface area contributed by atoms with Crippen molar-refractivity contribution in [3.05, 3.63) is 29.3 Å². The summed E-state index contributed by atoms with van der Waals surface area (Å²) < 4.78 is 0. The van der Waals surface area contributed by atoms with Gasteiger partial charge in [0.15, 0.2) is 0 Å². The number of rotatable bonds is 5. The second-order valence-electron chi connectivity index (χ2n) is 3.29. The predicted octanol–water partition coefficient (Wildman–Crippen LogP) is 1.90. The average molecular weight is 259 g/mol. The Balaban J connectivity index is 2.47. The highest BCUT2D eigenvalue weighted by Crippen LogP contribution is 2.24. The summed E-state index contributed by atoms with van der Waals surface area (Å²) in [6.45, 7) is 2.85. The van der Waals surface area contributed by atoms with Crippen molar-refractivity contribution in [3.63, 3.8) is 0 Å². The molecular formula is C11H15ClN2OS. The fourth-order valence-corrected chi connectivity index (χ4v) is 2.13. The molecule has 88 valence electrons. The second-order valence-corrected chi connectivity index (χ2v) is 5.14. The molecule has 1 aromatic carbocycles. The third-order valence-corrected chi connectivity index (χ3v) is 3.30. The van der Waals surface area contributed by atoms with Crippen LogP contribution in [0.5, 0.6) is 0 Å². The van der Waals surface area contributed by atoms with Crippen molar-refractivity contribution in [2.45, 2.75) is 17.1 Å². The summed E-state index contributed by atoms with van der Waals surface area (Å²) in [5.41, 5.74) is 5.31. The SMILES string of the molecule is CC(Sc1ccc(Cl)cc1)C(=O)NCCN. The van der Waals surface area contributed by atoms with E-state index >= 15 is 0 Å². The summed E-state index contributed by atoms with van der Waals surface area (Å²) >= 11 is 7.28. The molecule has 0 saturated heterocycles. The number of thioether (sulfide) groups is 1. The lowest BCUT2D eigenvalue weighted by Crippen LogP contribution is -2.34. The molecule has 1 aromatic rings. The number of carbonyl (C=O) groups is 1. The van der Waals surface area contributed by atoms with Crippen LogP contribution in [0.2, 0.25) is 5.02 Å². The van der Waals surface area contributed by atoms with E-state index in [4.69, 9.17) is 17.3 Å². The van der Waals surface area contributed by atoms with Gasteiger partial charge in [-0.15, -0.1) is 11.8 Å². The van der Waals surface area contributed by atoms with Gasteiger partial charge >= 0.3 is 0 Å². The topological polar surface area (TPSA) is 55.1 Å². The molecule has 16 heavy (non-hydrogen) atoms. The fraction of sp³-hybridized carbons (Fsp3) is 0.364. The van der Waals surface area contributed by atoms with Crippen molar-refractivity contribution in [2.75, 3.05) is 13.1 Å². The first-order valence-electron chi connectivity index (χ1n) is 5.03. The van der Waals surface area contributed by atoms with Crippen molar-refractivity contribution >= 4 is 29.3 Å². The molecule has 0 spiro atoms. The average Bonchev–Trinajstić information content (AvgIpc) is 2.29. The van der Waals surface area contributed by atoms with E-state index in [1.807, 2.05) is 31.2 Å². The summed E-state index contributed by atoms with van der Waals surface area (Å²) in [5.74, 6) is 0.00500. The highest BCUT2D eigenvalue weighted by Gasteiger charge is 2.13. The van der Waals surface area contributed by atoms with Crippen molar-refractivity contribution < 1.29 is 4.79 Å². The zero-order valence-electron chi connectivity index (χ0n) is 9.07. The van der Waals surface area contributed by atoms with Gasteiger partial charge in [0.1, 0.15) is 0 Å². The maximum atomic E-state index is 11.6. The molecule has 0 aromatic heterocycles. The number of nitrogens with one attached hydrogen (secondary N) is 1. The molecule has 3 nitrogen and oxygen atoms in total.